The molecule has 4 nitrogen and oxygen atoms in total. The van der Waals surface area contributed by atoms with E-state index in [2.05, 4.69) is 5.32 Å². The third-order valence-corrected chi connectivity index (χ3v) is 2.67. The number of hydrogen-bond donors (Lipinski definition) is 1. The van der Waals surface area contributed by atoms with Crippen molar-refractivity contribution in [2.75, 3.05) is 13.7 Å². The molecule has 0 radical (unpaired) electrons. The molecule has 1 saturated heterocycles. The molecule has 0 aromatic heterocycles. The van der Waals surface area contributed by atoms with Crippen molar-refractivity contribution in [2.24, 2.45) is 0 Å². The second kappa shape index (κ2) is 4.53. The quantitative estimate of drug-likeness (QED) is 0.623. The summed E-state index contributed by atoms with van der Waals surface area (Å²) in [5.41, 5.74) is 1.17. The monoisotopic (exact) mass is 221 g/mol. The average Bonchev–Trinajstić information content (AvgIpc) is 2.16. The molecule has 4 heteroatoms. The summed E-state index contributed by atoms with van der Waals surface area (Å²) in [7, 11) is 1.57. The molecule has 16 heavy (non-hydrogen) atoms. The van der Waals surface area contributed by atoms with E-state index < -0.39 is 0 Å². The summed E-state index contributed by atoms with van der Waals surface area (Å²) >= 11 is 0. The van der Waals surface area contributed by atoms with Crippen LogP contribution in [0.3, 0.4) is 0 Å². The molecule has 0 bridgehead atoms. The smallest absolute Gasteiger partial charge is 0.308 e. The molecule has 1 N–H and O–H groups in total. The molecule has 1 aliphatic heterocycles. The summed E-state index contributed by atoms with van der Waals surface area (Å²) in [6.45, 7) is 2.43. The van der Waals surface area contributed by atoms with E-state index in [4.69, 9.17) is 9.47 Å². The standard InChI is InChI=1S/C12H15NO3/c1-8(14)16-11-4-3-9(7-12(11)15-2)10-5-6-13-10/h3-4,7,10,13H,5-6H2,1-2H3/t10-/m1/s1. The lowest BCUT2D eigenvalue weighted by Gasteiger charge is -2.28. The Morgan fingerprint density at radius 1 is 1.44 bits per heavy atom. The zero-order valence-electron chi connectivity index (χ0n) is 9.45. The highest BCUT2D eigenvalue weighted by Gasteiger charge is 2.20. The lowest BCUT2D eigenvalue weighted by Crippen LogP contribution is -2.34. The van der Waals surface area contributed by atoms with Gasteiger partial charge in [-0.25, -0.2) is 0 Å². The Morgan fingerprint density at radius 2 is 2.19 bits per heavy atom. The largest absolute Gasteiger partial charge is 0.493 e. The molecule has 0 spiro atoms. The van der Waals surface area contributed by atoms with Gasteiger partial charge in [-0.1, -0.05) is 6.07 Å². The number of benzene rings is 1. The molecule has 0 saturated carbocycles. The molecule has 1 fully saturated rings. The fraction of sp³-hybridized carbons (Fsp3) is 0.417. The number of rotatable bonds is 3. The van der Waals surface area contributed by atoms with E-state index in [1.165, 1.54) is 12.5 Å². The van der Waals surface area contributed by atoms with Gasteiger partial charge in [-0.15, -0.1) is 0 Å². The van der Waals surface area contributed by atoms with Gasteiger partial charge in [0.15, 0.2) is 11.5 Å². The predicted molar refractivity (Wildman–Crippen MR) is 59.7 cm³/mol. The van der Waals surface area contributed by atoms with Crippen molar-refractivity contribution in [1.82, 2.24) is 5.32 Å². The van der Waals surface area contributed by atoms with Crippen LogP contribution in [0.4, 0.5) is 0 Å². The Morgan fingerprint density at radius 3 is 2.69 bits per heavy atom. The van der Waals surface area contributed by atoms with Gasteiger partial charge in [0, 0.05) is 13.0 Å². The second-order valence-electron chi connectivity index (χ2n) is 3.80. The Bertz CT molecular complexity index is 399. The summed E-state index contributed by atoms with van der Waals surface area (Å²) in [6.07, 6.45) is 1.13. The molecule has 0 amide bonds. The van der Waals surface area contributed by atoms with E-state index in [1.807, 2.05) is 12.1 Å². The first-order chi connectivity index (χ1) is 7.70. The number of esters is 1. The molecule has 0 unspecified atom stereocenters. The topological polar surface area (TPSA) is 47.6 Å². The molecule has 86 valence electrons. The van der Waals surface area contributed by atoms with Crippen molar-refractivity contribution in [1.29, 1.82) is 0 Å². The van der Waals surface area contributed by atoms with Gasteiger partial charge in [-0.05, 0) is 30.7 Å². The first-order valence-corrected chi connectivity index (χ1v) is 5.30. The number of ether oxygens (including phenoxy) is 2. The van der Waals surface area contributed by atoms with Crippen LogP contribution >= 0.6 is 0 Å². The summed E-state index contributed by atoms with van der Waals surface area (Å²) in [5, 5.41) is 3.31. The third-order valence-electron chi connectivity index (χ3n) is 2.67. The Balaban J connectivity index is 2.23. The van der Waals surface area contributed by atoms with E-state index >= 15 is 0 Å². The molecule has 0 aliphatic carbocycles. The summed E-state index contributed by atoms with van der Waals surface area (Å²) in [5.74, 6) is 0.729. The van der Waals surface area contributed by atoms with Crippen LogP contribution in [0.1, 0.15) is 24.9 Å². The lowest BCUT2D eigenvalue weighted by molar-refractivity contribution is -0.132. The Kier molecular flexibility index (Phi) is 3.10. The Labute approximate surface area is 94.6 Å². The minimum absolute atomic E-state index is 0.340. The zero-order valence-corrected chi connectivity index (χ0v) is 9.45. The summed E-state index contributed by atoms with van der Waals surface area (Å²) in [6, 6.07) is 6.04. The van der Waals surface area contributed by atoms with Gasteiger partial charge in [-0.3, -0.25) is 4.79 Å². The minimum atomic E-state index is -0.340. The summed E-state index contributed by atoms with van der Waals surface area (Å²) < 4.78 is 10.2. The van der Waals surface area contributed by atoms with Crippen LogP contribution < -0.4 is 14.8 Å². The maximum Gasteiger partial charge on any atom is 0.308 e. The second-order valence-corrected chi connectivity index (χ2v) is 3.80. The van der Waals surface area contributed by atoms with E-state index in [1.54, 1.807) is 13.2 Å². The van der Waals surface area contributed by atoms with Crippen molar-refractivity contribution in [3.63, 3.8) is 0 Å². The molecule has 1 aromatic carbocycles. The fourth-order valence-corrected chi connectivity index (χ4v) is 1.71. The van der Waals surface area contributed by atoms with E-state index in [9.17, 15) is 4.79 Å². The van der Waals surface area contributed by atoms with Gasteiger partial charge < -0.3 is 14.8 Å². The lowest BCUT2D eigenvalue weighted by atomic mass is 9.98. The van der Waals surface area contributed by atoms with Crippen molar-refractivity contribution in [3.05, 3.63) is 23.8 Å². The van der Waals surface area contributed by atoms with E-state index in [-0.39, 0.29) is 5.97 Å². The normalized spacial score (nSPS) is 18.8. The highest BCUT2D eigenvalue weighted by Crippen LogP contribution is 2.32. The van der Waals surface area contributed by atoms with Gasteiger partial charge in [0.25, 0.3) is 0 Å². The first kappa shape index (κ1) is 11.0. The van der Waals surface area contributed by atoms with Gasteiger partial charge in [0.2, 0.25) is 0 Å². The summed E-state index contributed by atoms with van der Waals surface area (Å²) in [4.78, 5) is 10.9. The highest BCUT2D eigenvalue weighted by molar-refractivity contribution is 5.70. The number of carbonyl (C=O) groups is 1. The number of nitrogens with one attached hydrogen (secondary N) is 1. The van der Waals surface area contributed by atoms with Crippen molar-refractivity contribution in [2.45, 2.75) is 19.4 Å². The van der Waals surface area contributed by atoms with Crippen LogP contribution in [0.15, 0.2) is 18.2 Å². The molecule has 2 rings (SSSR count). The predicted octanol–water partition coefficient (Wildman–Crippen LogP) is 1.65. The van der Waals surface area contributed by atoms with Crippen LogP contribution in [-0.2, 0) is 4.79 Å². The zero-order chi connectivity index (χ0) is 11.5. The van der Waals surface area contributed by atoms with Crippen LogP contribution in [0.5, 0.6) is 11.5 Å². The van der Waals surface area contributed by atoms with Crippen LogP contribution in [0.2, 0.25) is 0 Å². The molecule has 1 heterocycles. The van der Waals surface area contributed by atoms with Crippen LogP contribution in [0, 0.1) is 0 Å². The van der Waals surface area contributed by atoms with Gasteiger partial charge >= 0.3 is 5.97 Å². The van der Waals surface area contributed by atoms with Gasteiger partial charge in [0.05, 0.1) is 7.11 Å². The van der Waals surface area contributed by atoms with Crippen molar-refractivity contribution >= 4 is 5.97 Å². The SMILES string of the molecule is COc1cc([C@H]2CCN2)ccc1OC(C)=O. The fourth-order valence-electron chi connectivity index (χ4n) is 1.71. The number of carbonyl (C=O) groups excluding carboxylic acids is 1. The van der Waals surface area contributed by atoms with Crippen LogP contribution in [-0.4, -0.2) is 19.6 Å². The third kappa shape index (κ3) is 2.17. The average molecular weight is 221 g/mol. The minimum Gasteiger partial charge on any atom is -0.493 e. The van der Waals surface area contributed by atoms with Crippen molar-refractivity contribution in [3.8, 4) is 11.5 Å². The molecule has 1 aliphatic rings. The maximum atomic E-state index is 10.9. The molecule has 1 atom stereocenters. The van der Waals surface area contributed by atoms with E-state index in [0.717, 1.165) is 13.0 Å². The molecule has 1 aromatic rings. The van der Waals surface area contributed by atoms with Crippen molar-refractivity contribution < 1.29 is 14.3 Å². The highest BCUT2D eigenvalue weighted by atomic mass is 16.6. The first-order valence-electron chi connectivity index (χ1n) is 5.30. The van der Waals surface area contributed by atoms with Crippen LogP contribution in [0.25, 0.3) is 0 Å². The molecular formula is C12H15NO3. The maximum absolute atomic E-state index is 10.9. The van der Waals surface area contributed by atoms with Gasteiger partial charge in [-0.2, -0.15) is 0 Å². The number of methoxy groups -OCH3 is 1. The van der Waals surface area contributed by atoms with Gasteiger partial charge in [0.1, 0.15) is 0 Å². The van der Waals surface area contributed by atoms with E-state index in [0.29, 0.717) is 17.5 Å². The molecular weight excluding hydrogens is 206 g/mol. The Hall–Kier alpha value is -1.55. The number of hydrogen-bond acceptors (Lipinski definition) is 4.